The first-order chi connectivity index (χ1) is 13.5. The normalized spacial score (nSPS) is 11.3. The van der Waals surface area contributed by atoms with E-state index in [4.69, 9.17) is 4.74 Å². The number of para-hydroxylation sites is 1. The summed E-state index contributed by atoms with van der Waals surface area (Å²) in [5.74, 6) is -0.898. The molecule has 0 unspecified atom stereocenters. The van der Waals surface area contributed by atoms with Gasteiger partial charge in [0.15, 0.2) is 11.6 Å². The molecule has 0 aliphatic carbocycles. The third kappa shape index (κ3) is 3.57. The lowest BCUT2D eigenvalue weighted by molar-refractivity contribution is 0.434. The molecule has 0 spiro atoms. The van der Waals surface area contributed by atoms with Crippen molar-refractivity contribution in [1.82, 2.24) is 20.4 Å². The van der Waals surface area contributed by atoms with Crippen LogP contribution in [-0.4, -0.2) is 28.8 Å². The molecule has 4 aromatic rings. The predicted octanol–water partition coefficient (Wildman–Crippen LogP) is 3.66. The van der Waals surface area contributed by atoms with Crippen molar-refractivity contribution in [2.45, 2.75) is 4.90 Å². The third-order valence-electron chi connectivity index (χ3n) is 3.71. The first-order valence-corrected chi connectivity index (χ1v) is 10.2. The number of nitrogens with one attached hydrogen (secondary N) is 2. The minimum Gasteiger partial charge on any atom is -0.454 e. The van der Waals surface area contributed by atoms with Gasteiger partial charge in [0, 0.05) is 17.3 Å². The van der Waals surface area contributed by atoms with Crippen LogP contribution < -0.4 is 9.46 Å². The van der Waals surface area contributed by atoms with Crippen molar-refractivity contribution >= 4 is 26.5 Å². The minimum absolute atomic E-state index is 0.0313. The number of aromatic nitrogens is 4. The van der Waals surface area contributed by atoms with Crippen LogP contribution in [-0.2, 0) is 10.0 Å². The molecule has 0 saturated heterocycles. The monoisotopic (exact) mass is 417 g/mol. The second-order valence-electron chi connectivity index (χ2n) is 5.51. The predicted molar refractivity (Wildman–Crippen MR) is 101 cm³/mol. The molecule has 2 aromatic carbocycles. The Kier molecular flexibility index (Phi) is 4.75. The van der Waals surface area contributed by atoms with Crippen molar-refractivity contribution in [2.24, 2.45) is 0 Å². The van der Waals surface area contributed by atoms with Crippen LogP contribution in [0.15, 0.2) is 65.3 Å². The lowest BCUT2D eigenvalue weighted by Crippen LogP contribution is -2.15. The fraction of sp³-hybridized carbons (Fsp3) is 0. The van der Waals surface area contributed by atoms with Crippen LogP contribution >= 0.6 is 11.3 Å². The average molecular weight is 417 g/mol. The van der Waals surface area contributed by atoms with E-state index >= 15 is 4.39 Å². The summed E-state index contributed by atoms with van der Waals surface area (Å²) in [4.78, 5) is -0.569. The standard InChI is InChI=1S/C17H12FN5O3S2/c18-15-14(28(24,25)23-17-22-21-10-27-17)7-6-13(11-8-19-20-9-11)16(15)26-12-4-2-1-3-5-12/h1-10H,(H,19,20)(H,22,23). The highest BCUT2D eigenvalue weighted by Crippen LogP contribution is 2.38. The summed E-state index contributed by atoms with van der Waals surface area (Å²) in [7, 11) is -4.23. The molecule has 2 heterocycles. The van der Waals surface area contributed by atoms with Crippen molar-refractivity contribution in [3.63, 3.8) is 0 Å². The molecule has 0 atom stereocenters. The number of H-pyrrole nitrogens is 1. The zero-order chi connectivity index (χ0) is 19.6. The zero-order valence-corrected chi connectivity index (χ0v) is 15.7. The van der Waals surface area contributed by atoms with E-state index in [1.165, 1.54) is 23.8 Å². The van der Waals surface area contributed by atoms with Gasteiger partial charge in [0.2, 0.25) is 5.13 Å². The fourth-order valence-corrected chi connectivity index (χ4v) is 4.23. The topological polar surface area (TPSA) is 110 Å². The van der Waals surface area contributed by atoms with E-state index in [0.717, 1.165) is 11.3 Å². The molecule has 2 N–H and O–H groups in total. The number of anilines is 1. The molecule has 0 fully saturated rings. The first kappa shape index (κ1) is 18.1. The molecule has 0 aliphatic rings. The molecule has 0 radical (unpaired) electrons. The average Bonchev–Trinajstić information content (AvgIpc) is 3.37. The van der Waals surface area contributed by atoms with Crippen LogP contribution in [0.4, 0.5) is 9.52 Å². The van der Waals surface area contributed by atoms with Crippen LogP contribution in [0, 0.1) is 5.82 Å². The van der Waals surface area contributed by atoms with Gasteiger partial charge in [0.25, 0.3) is 10.0 Å². The Hall–Kier alpha value is -3.31. The summed E-state index contributed by atoms with van der Waals surface area (Å²) in [6.07, 6.45) is 3.04. The summed E-state index contributed by atoms with van der Waals surface area (Å²) in [5, 5.41) is 13.7. The number of rotatable bonds is 6. The second kappa shape index (κ2) is 7.37. The molecule has 8 nitrogen and oxygen atoms in total. The molecule has 0 aliphatic heterocycles. The summed E-state index contributed by atoms with van der Waals surface area (Å²) in [6.45, 7) is 0. The van der Waals surface area contributed by atoms with Gasteiger partial charge in [0.1, 0.15) is 16.2 Å². The van der Waals surface area contributed by atoms with Crippen LogP contribution in [0.3, 0.4) is 0 Å². The van der Waals surface area contributed by atoms with Gasteiger partial charge in [-0.15, -0.1) is 10.2 Å². The van der Waals surface area contributed by atoms with Gasteiger partial charge in [-0.1, -0.05) is 29.5 Å². The molecular formula is C17H12FN5O3S2. The quantitative estimate of drug-likeness (QED) is 0.495. The Balaban J connectivity index is 1.82. The molecule has 0 amide bonds. The van der Waals surface area contributed by atoms with Crippen molar-refractivity contribution in [2.75, 3.05) is 4.72 Å². The maximum Gasteiger partial charge on any atom is 0.266 e. The van der Waals surface area contributed by atoms with Crippen LogP contribution in [0.5, 0.6) is 11.5 Å². The summed E-state index contributed by atoms with van der Waals surface area (Å²) in [5.41, 5.74) is 2.26. The van der Waals surface area contributed by atoms with Crippen molar-refractivity contribution < 1.29 is 17.5 Å². The number of benzene rings is 2. The van der Waals surface area contributed by atoms with Crippen LogP contribution in [0.1, 0.15) is 0 Å². The Morgan fingerprint density at radius 3 is 2.64 bits per heavy atom. The summed E-state index contributed by atoms with van der Waals surface area (Å²) >= 11 is 0.980. The maximum absolute atomic E-state index is 15.3. The summed E-state index contributed by atoms with van der Waals surface area (Å²) < 4.78 is 48.5. The first-order valence-electron chi connectivity index (χ1n) is 7.88. The van der Waals surface area contributed by atoms with Gasteiger partial charge in [0.05, 0.1) is 6.20 Å². The lowest BCUT2D eigenvalue weighted by Gasteiger charge is -2.14. The molecule has 0 saturated carbocycles. The van der Waals surface area contributed by atoms with Crippen LogP contribution in [0.25, 0.3) is 11.1 Å². The van der Waals surface area contributed by atoms with E-state index in [0.29, 0.717) is 16.9 Å². The number of nitrogens with zero attached hydrogens (tertiary/aromatic N) is 3. The number of halogens is 1. The molecule has 28 heavy (non-hydrogen) atoms. The number of hydrogen-bond donors (Lipinski definition) is 2. The number of ether oxygens (including phenoxy) is 1. The third-order valence-corrected chi connectivity index (χ3v) is 5.80. The fourth-order valence-electron chi connectivity index (χ4n) is 2.46. The van der Waals surface area contributed by atoms with Crippen molar-refractivity contribution in [3.05, 3.63) is 66.2 Å². The lowest BCUT2D eigenvalue weighted by atomic mass is 10.1. The molecule has 142 valence electrons. The Bertz CT molecular complexity index is 1180. The van der Waals surface area contributed by atoms with Crippen LogP contribution in [0.2, 0.25) is 0 Å². The van der Waals surface area contributed by atoms with E-state index in [1.807, 2.05) is 0 Å². The Labute approximate surface area is 163 Å². The zero-order valence-electron chi connectivity index (χ0n) is 14.0. The highest BCUT2D eigenvalue weighted by Gasteiger charge is 2.26. The van der Waals surface area contributed by atoms with E-state index in [2.05, 4.69) is 25.1 Å². The highest BCUT2D eigenvalue weighted by molar-refractivity contribution is 7.93. The van der Waals surface area contributed by atoms with Crippen molar-refractivity contribution in [1.29, 1.82) is 0 Å². The second-order valence-corrected chi connectivity index (χ2v) is 7.99. The van der Waals surface area contributed by atoms with Gasteiger partial charge in [-0.2, -0.15) is 5.10 Å². The number of aromatic amines is 1. The Morgan fingerprint density at radius 1 is 1.14 bits per heavy atom. The van der Waals surface area contributed by atoms with Gasteiger partial charge in [-0.3, -0.25) is 9.82 Å². The van der Waals surface area contributed by atoms with E-state index < -0.39 is 20.7 Å². The number of hydrogen-bond acceptors (Lipinski definition) is 7. The molecular weight excluding hydrogens is 405 g/mol. The highest BCUT2D eigenvalue weighted by atomic mass is 32.2. The Morgan fingerprint density at radius 2 is 1.96 bits per heavy atom. The maximum atomic E-state index is 15.3. The van der Waals surface area contributed by atoms with E-state index in [9.17, 15) is 8.42 Å². The molecule has 4 rings (SSSR count). The van der Waals surface area contributed by atoms with Gasteiger partial charge >= 0.3 is 0 Å². The van der Waals surface area contributed by atoms with E-state index in [-0.39, 0.29) is 10.9 Å². The smallest absolute Gasteiger partial charge is 0.266 e. The van der Waals surface area contributed by atoms with Gasteiger partial charge < -0.3 is 4.74 Å². The largest absolute Gasteiger partial charge is 0.454 e. The molecule has 2 aromatic heterocycles. The molecule has 11 heteroatoms. The van der Waals surface area contributed by atoms with E-state index in [1.54, 1.807) is 36.5 Å². The van der Waals surface area contributed by atoms with Gasteiger partial charge in [-0.05, 0) is 24.3 Å². The van der Waals surface area contributed by atoms with Gasteiger partial charge in [-0.25, -0.2) is 12.8 Å². The van der Waals surface area contributed by atoms with Crippen molar-refractivity contribution in [3.8, 4) is 22.6 Å². The SMILES string of the molecule is O=S(=O)(Nc1nncs1)c1ccc(-c2cn[nH]c2)c(Oc2ccccc2)c1F. The molecule has 0 bridgehead atoms. The minimum atomic E-state index is -4.23. The summed E-state index contributed by atoms with van der Waals surface area (Å²) in [6, 6.07) is 11.1. The number of sulfonamides is 1.